The predicted octanol–water partition coefficient (Wildman–Crippen LogP) is 6.39. The van der Waals surface area contributed by atoms with Crippen LogP contribution in [0.5, 0.6) is 23.0 Å². The molecular weight excluding hydrogens is 528 g/mol. The number of Topliss-reactive ketones (excluding diaryl/α,β-unsaturated/α-hetero) is 1. The first-order chi connectivity index (χ1) is 20.3. The van der Waals surface area contributed by atoms with E-state index in [-0.39, 0.29) is 53.6 Å². The van der Waals surface area contributed by atoms with Gasteiger partial charge in [0.2, 0.25) is 0 Å². The molecule has 0 heterocycles. The molecule has 1 fully saturated rings. The zero-order chi connectivity index (χ0) is 29.7. The second-order valence-electron chi connectivity index (χ2n) is 11.9. The average molecular weight is 569 g/mol. The van der Waals surface area contributed by atoms with Crippen molar-refractivity contribution in [3.05, 3.63) is 83.4 Å². The SMILES string of the molecule is COc1cc([C@H]2CC(=O)C[C@H](O)[C@H](C3(c4ccc(O)c(O)c4)CCCCC3)CC#C[C@@H]2Cc2ccccc2)ccc1O. The highest BCUT2D eigenvalue weighted by atomic mass is 16.5. The number of carbonyl (C=O) groups is 1. The summed E-state index contributed by atoms with van der Waals surface area (Å²) in [5.41, 5.74) is 2.40. The summed E-state index contributed by atoms with van der Waals surface area (Å²) in [6.07, 6.45) is 5.07. The number of rotatable bonds is 6. The number of phenolic OH excluding ortho intramolecular Hbond substituents is 3. The fourth-order valence-corrected chi connectivity index (χ4v) is 7.17. The molecule has 1 saturated carbocycles. The minimum absolute atomic E-state index is 0.0158. The summed E-state index contributed by atoms with van der Waals surface area (Å²) >= 11 is 0. The van der Waals surface area contributed by atoms with Crippen molar-refractivity contribution < 1.29 is 30.0 Å². The van der Waals surface area contributed by atoms with Crippen molar-refractivity contribution in [3.63, 3.8) is 0 Å². The van der Waals surface area contributed by atoms with E-state index < -0.39 is 11.5 Å². The lowest BCUT2D eigenvalue weighted by Gasteiger charge is -2.46. The molecule has 0 bridgehead atoms. The van der Waals surface area contributed by atoms with Gasteiger partial charge in [-0.25, -0.2) is 0 Å². The summed E-state index contributed by atoms with van der Waals surface area (Å²) in [6, 6.07) is 20.3. The van der Waals surface area contributed by atoms with Crippen molar-refractivity contribution >= 4 is 5.78 Å². The zero-order valence-corrected chi connectivity index (χ0v) is 24.1. The second kappa shape index (κ2) is 12.9. The molecule has 0 amide bonds. The Kier molecular flexibility index (Phi) is 9.09. The average Bonchev–Trinajstić information content (AvgIpc) is 3.00. The van der Waals surface area contributed by atoms with Gasteiger partial charge >= 0.3 is 0 Å². The van der Waals surface area contributed by atoms with Crippen LogP contribution >= 0.6 is 0 Å². The number of methoxy groups -OCH3 is 1. The van der Waals surface area contributed by atoms with E-state index in [1.165, 1.54) is 13.2 Å². The molecule has 4 atom stereocenters. The minimum Gasteiger partial charge on any atom is -0.504 e. The van der Waals surface area contributed by atoms with Crippen LogP contribution in [0, 0.1) is 23.7 Å². The van der Waals surface area contributed by atoms with Crippen LogP contribution in [0.4, 0.5) is 0 Å². The number of phenols is 3. The maximum Gasteiger partial charge on any atom is 0.160 e. The van der Waals surface area contributed by atoms with Gasteiger partial charge in [0.15, 0.2) is 23.0 Å². The van der Waals surface area contributed by atoms with Gasteiger partial charge in [0.1, 0.15) is 5.78 Å². The lowest BCUT2D eigenvalue weighted by molar-refractivity contribution is -0.123. The van der Waals surface area contributed by atoms with E-state index in [9.17, 15) is 25.2 Å². The molecule has 3 aromatic carbocycles. The van der Waals surface area contributed by atoms with Crippen molar-refractivity contribution in [3.8, 4) is 34.8 Å². The van der Waals surface area contributed by atoms with E-state index in [1.807, 2.05) is 30.3 Å². The molecule has 0 spiro atoms. The number of carbonyl (C=O) groups excluding carboxylic acids is 1. The molecule has 220 valence electrons. The number of benzene rings is 3. The van der Waals surface area contributed by atoms with E-state index in [1.54, 1.807) is 18.2 Å². The van der Waals surface area contributed by atoms with Gasteiger partial charge in [-0.05, 0) is 60.2 Å². The second-order valence-corrected chi connectivity index (χ2v) is 11.9. The van der Waals surface area contributed by atoms with Crippen LogP contribution in [0.3, 0.4) is 0 Å². The highest BCUT2D eigenvalue weighted by Crippen LogP contribution is 2.50. The summed E-state index contributed by atoms with van der Waals surface area (Å²) in [4.78, 5) is 13.7. The maximum atomic E-state index is 13.7. The first-order valence-corrected chi connectivity index (χ1v) is 14.9. The van der Waals surface area contributed by atoms with Crippen LogP contribution < -0.4 is 4.74 Å². The van der Waals surface area contributed by atoms with Crippen LogP contribution in [-0.2, 0) is 16.6 Å². The van der Waals surface area contributed by atoms with E-state index in [0.717, 1.165) is 48.8 Å². The number of aliphatic hydroxyl groups is 1. The quantitative estimate of drug-likeness (QED) is 0.203. The molecule has 0 aliphatic heterocycles. The van der Waals surface area contributed by atoms with Crippen LogP contribution in [0.15, 0.2) is 66.7 Å². The molecule has 2 aliphatic rings. The molecule has 5 rings (SSSR count). The molecule has 0 radical (unpaired) electrons. The molecule has 0 aromatic heterocycles. The van der Waals surface area contributed by atoms with E-state index in [2.05, 4.69) is 24.0 Å². The van der Waals surface area contributed by atoms with Crippen molar-refractivity contribution in [1.29, 1.82) is 0 Å². The van der Waals surface area contributed by atoms with E-state index in [0.29, 0.717) is 18.6 Å². The van der Waals surface area contributed by atoms with Gasteiger partial charge < -0.3 is 25.2 Å². The topological polar surface area (TPSA) is 107 Å². The summed E-state index contributed by atoms with van der Waals surface area (Å²) < 4.78 is 5.38. The number of aliphatic hydroxyl groups excluding tert-OH is 1. The Morgan fingerprint density at radius 3 is 2.33 bits per heavy atom. The number of hydrogen-bond donors (Lipinski definition) is 4. The van der Waals surface area contributed by atoms with Gasteiger partial charge in [-0.3, -0.25) is 4.79 Å². The third kappa shape index (κ3) is 6.27. The van der Waals surface area contributed by atoms with Gasteiger partial charge in [-0.15, -0.1) is 5.92 Å². The Bertz CT molecular complexity index is 1450. The van der Waals surface area contributed by atoms with Gasteiger partial charge in [-0.2, -0.15) is 0 Å². The van der Waals surface area contributed by atoms with Gasteiger partial charge in [0.25, 0.3) is 0 Å². The van der Waals surface area contributed by atoms with Crippen LogP contribution in [0.25, 0.3) is 0 Å². The zero-order valence-electron chi connectivity index (χ0n) is 24.1. The van der Waals surface area contributed by atoms with Crippen molar-refractivity contribution in [2.24, 2.45) is 11.8 Å². The third-order valence-corrected chi connectivity index (χ3v) is 9.38. The summed E-state index contributed by atoms with van der Waals surface area (Å²) in [7, 11) is 1.50. The van der Waals surface area contributed by atoms with Gasteiger partial charge in [0, 0.05) is 42.4 Å². The standard InChI is InChI=1S/C36H40O6/c1-42-35-20-26(13-15-32(35)39)29-22-28(37)23-33(40)30(12-8-11-25(29)19-24-9-4-2-5-10-24)36(17-6-3-7-18-36)27-14-16-31(38)34(41)21-27/h2,4-5,9-10,13-16,20-21,25,29-30,33,38-41H,3,6-7,12,17-19,22-23H2,1H3/t25-,29+,30-,33+/m1/s1. The maximum absolute atomic E-state index is 13.7. The lowest BCUT2D eigenvalue weighted by Crippen LogP contribution is -2.44. The van der Waals surface area contributed by atoms with Crippen molar-refractivity contribution in [1.82, 2.24) is 0 Å². The molecule has 6 heteroatoms. The molecule has 2 aliphatic carbocycles. The smallest absolute Gasteiger partial charge is 0.160 e. The first-order valence-electron chi connectivity index (χ1n) is 14.9. The Hall–Kier alpha value is -3.95. The predicted molar refractivity (Wildman–Crippen MR) is 162 cm³/mol. The Labute approximate surface area is 248 Å². The highest BCUT2D eigenvalue weighted by Gasteiger charge is 2.45. The Morgan fingerprint density at radius 2 is 1.62 bits per heavy atom. The lowest BCUT2D eigenvalue weighted by atomic mass is 9.59. The monoisotopic (exact) mass is 568 g/mol. The third-order valence-electron chi connectivity index (χ3n) is 9.38. The molecular formula is C36H40O6. The Morgan fingerprint density at radius 1 is 0.881 bits per heavy atom. The summed E-state index contributed by atoms with van der Waals surface area (Å²) in [6.45, 7) is 0. The molecule has 6 nitrogen and oxygen atoms in total. The largest absolute Gasteiger partial charge is 0.504 e. The van der Waals surface area contributed by atoms with Gasteiger partial charge in [-0.1, -0.05) is 67.6 Å². The van der Waals surface area contributed by atoms with Crippen molar-refractivity contribution in [2.75, 3.05) is 7.11 Å². The van der Waals surface area contributed by atoms with E-state index in [4.69, 9.17) is 4.74 Å². The first kappa shape index (κ1) is 29.5. The highest BCUT2D eigenvalue weighted by molar-refractivity contribution is 5.80. The molecule has 4 N–H and O–H groups in total. The summed E-state index contributed by atoms with van der Waals surface area (Å²) in [5, 5.41) is 42.3. The number of ether oxygens (including phenoxy) is 1. The van der Waals surface area contributed by atoms with Crippen LogP contribution in [0.1, 0.15) is 74.0 Å². The molecule has 0 saturated heterocycles. The molecule has 42 heavy (non-hydrogen) atoms. The number of aromatic hydroxyl groups is 3. The fourth-order valence-electron chi connectivity index (χ4n) is 7.17. The normalized spacial score (nSPS) is 24.3. The summed E-state index contributed by atoms with van der Waals surface area (Å²) in [5.74, 6) is 6.26. The van der Waals surface area contributed by atoms with Crippen LogP contribution in [0.2, 0.25) is 0 Å². The van der Waals surface area contributed by atoms with Gasteiger partial charge in [0.05, 0.1) is 13.2 Å². The van der Waals surface area contributed by atoms with E-state index >= 15 is 0 Å². The molecule has 0 unspecified atom stereocenters. The number of ketones is 1. The minimum atomic E-state index is -0.901. The van der Waals surface area contributed by atoms with Crippen molar-refractivity contribution in [2.45, 2.75) is 75.2 Å². The number of hydrogen-bond acceptors (Lipinski definition) is 6. The fraction of sp³-hybridized carbons (Fsp3) is 0.417. The Balaban J connectivity index is 1.57. The van der Waals surface area contributed by atoms with Crippen LogP contribution in [-0.4, -0.2) is 39.4 Å². The molecule has 3 aromatic rings.